The molecule has 1 aliphatic carbocycles. The van der Waals surface area contributed by atoms with Crippen molar-refractivity contribution in [3.63, 3.8) is 0 Å². The number of hydrogen-bond donors (Lipinski definition) is 1. The number of nitrogens with zero attached hydrogens (tertiary/aromatic N) is 3. The number of aliphatic hydroxyl groups is 1. The molecule has 2 atom stereocenters. The second kappa shape index (κ2) is 8.55. The zero-order valence-electron chi connectivity index (χ0n) is 18.7. The topological polar surface area (TPSA) is 112 Å². The van der Waals surface area contributed by atoms with Crippen LogP contribution in [0.4, 0.5) is 0 Å². The quantitative estimate of drug-likeness (QED) is 0.639. The first-order chi connectivity index (χ1) is 15.8. The standard InChI is InChI=1S/C23H24ClN3O6/c1-12-9-14(28)17(13(2)26-6-8-27-7-5-25-11-27)21(29)23(12)22(30)18-15(31-3)10-16(32-4)19(24)20(18)33-23/h5,7,10-12,29H,6,8-9H2,1-4H3/t12-,23+/m1/s1. The lowest BCUT2D eigenvalue weighted by Crippen LogP contribution is -2.53. The van der Waals surface area contributed by atoms with E-state index in [1.165, 1.54) is 20.3 Å². The maximum absolute atomic E-state index is 13.7. The van der Waals surface area contributed by atoms with Gasteiger partial charge in [0.2, 0.25) is 11.4 Å². The van der Waals surface area contributed by atoms with Crippen molar-refractivity contribution in [3.8, 4) is 17.2 Å². The van der Waals surface area contributed by atoms with Gasteiger partial charge in [-0.1, -0.05) is 18.5 Å². The average molecular weight is 474 g/mol. The number of allylic oxidation sites excluding steroid dienone is 1. The molecule has 10 heteroatoms. The van der Waals surface area contributed by atoms with Gasteiger partial charge in [-0.15, -0.1) is 0 Å². The highest BCUT2D eigenvalue weighted by molar-refractivity contribution is 6.35. The van der Waals surface area contributed by atoms with Crippen LogP contribution in [0, 0.1) is 5.92 Å². The van der Waals surface area contributed by atoms with Gasteiger partial charge in [0.1, 0.15) is 22.1 Å². The van der Waals surface area contributed by atoms with Crippen molar-refractivity contribution < 1.29 is 28.9 Å². The van der Waals surface area contributed by atoms with Crippen LogP contribution in [0.2, 0.25) is 5.02 Å². The number of aliphatic imine (C=N–C) groups is 1. The third kappa shape index (κ3) is 3.47. The highest BCUT2D eigenvalue weighted by Crippen LogP contribution is 2.54. The summed E-state index contributed by atoms with van der Waals surface area (Å²) < 4.78 is 18.6. The Hall–Kier alpha value is -3.33. The summed E-state index contributed by atoms with van der Waals surface area (Å²) in [4.78, 5) is 35.0. The van der Waals surface area contributed by atoms with E-state index in [2.05, 4.69) is 9.98 Å². The van der Waals surface area contributed by atoms with Gasteiger partial charge in [-0.2, -0.15) is 0 Å². The van der Waals surface area contributed by atoms with E-state index in [-0.39, 0.29) is 45.6 Å². The molecule has 0 saturated carbocycles. The van der Waals surface area contributed by atoms with Crippen LogP contribution >= 0.6 is 11.6 Å². The Morgan fingerprint density at radius 1 is 1.36 bits per heavy atom. The number of ketones is 2. The Morgan fingerprint density at radius 2 is 2.09 bits per heavy atom. The van der Waals surface area contributed by atoms with Crippen molar-refractivity contribution in [1.82, 2.24) is 9.55 Å². The van der Waals surface area contributed by atoms with Gasteiger partial charge in [0.25, 0.3) is 0 Å². The van der Waals surface area contributed by atoms with Gasteiger partial charge < -0.3 is 23.9 Å². The van der Waals surface area contributed by atoms with E-state index in [0.717, 1.165) is 0 Å². The number of halogens is 1. The molecule has 0 unspecified atom stereocenters. The second-order valence-corrected chi connectivity index (χ2v) is 8.36. The molecule has 9 nitrogen and oxygen atoms in total. The van der Waals surface area contributed by atoms with Crippen molar-refractivity contribution in [2.75, 3.05) is 20.8 Å². The molecule has 2 aromatic rings. The van der Waals surface area contributed by atoms with Crippen LogP contribution in [0.25, 0.3) is 0 Å². The summed E-state index contributed by atoms with van der Waals surface area (Å²) in [5, 5.41) is 11.4. The summed E-state index contributed by atoms with van der Waals surface area (Å²) in [7, 11) is 2.84. The van der Waals surface area contributed by atoms with E-state index in [0.29, 0.717) is 18.8 Å². The van der Waals surface area contributed by atoms with Gasteiger partial charge in [0.15, 0.2) is 17.3 Å². The molecule has 0 radical (unpaired) electrons. The first-order valence-corrected chi connectivity index (χ1v) is 10.8. The van der Waals surface area contributed by atoms with Gasteiger partial charge >= 0.3 is 0 Å². The van der Waals surface area contributed by atoms with Gasteiger partial charge in [0.05, 0.1) is 32.7 Å². The predicted molar refractivity (Wildman–Crippen MR) is 121 cm³/mol. The maximum Gasteiger partial charge on any atom is 0.231 e. The van der Waals surface area contributed by atoms with Crippen molar-refractivity contribution >= 4 is 28.9 Å². The predicted octanol–water partition coefficient (Wildman–Crippen LogP) is 3.45. The van der Waals surface area contributed by atoms with E-state index >= 15 is 0 Å². The van der Waals surface area contributed by atoms with Crippen molar-refractivity contribution in [2.24, 2.45) is 10.9 Å². The smallest absolute Gasteiger partial charge is 0.231 e. The average Bonchev–Trinajstić information content (AvgIpc) is 3.40. The van der Waals surface area contributed by atoms with Crippen LogP contribution in [-0.4, -0.2) is 58.3 Å². The largest absolute Gasteiger partial charge is 0.507 e. The van der Waals surface area contributed by atoms with Crippen molar-refractivity contribution in [1.29, 1.82) is 0 Å². The van der Waals surface area contributed by atoms with Crippen LogP contribution in [0.5, 0.6) is 17.2 Å². The Labute approximate surface area is 195 Å². The number of Topliss-reactive ketones (excluding diaryl/α,β-unsaturated/α-hetero) is 2. The molecule has 0 saturated heterocycles. The Balaban J connectivity index is 1.79. The molecule has 4 rings (SSSR count). The highest BCUT2D eigenvalue weighted by atomic mass is 35.5. The number of ether oxygens (including phenoxy) is 3. The number of methoxy groups -OCH3 is 2. The third-order valence-corrected chi connectivity index (χ3v) is 6.46. The molecule has 0 amide bonds. The molecule has 1 aliphatic heterocycles. The van der Waals surface area contributed by atoms with E-state index in [1.807, 2.05) is 4.57 Å². The summed E-state index contributed by atoms with van der Waals surface area (Å²) in [5.41, 5.74) is -1.39. The zero-order chi connectivity index (χ0) is 23.9. The lowest BCUT2D eigenvalue weighted by molar-refractivity contribution is -0.118. The van der Waals surface area contributed by atoms with E-state index < -0.39 is 23.1 Å². The van der Waals surface area contributed by atoms with Crippen LogP contribution in [0.15, 0.2) is 41.1 Å². The fraction of sp³-hybridized carbons (Fsp3) is 0.391. The molecule has 2 heterocycles. The second-order valence-electron chi connectivity index (χ2n) is 7.99. The monoisotopic (exact) mass is 473 g/mol. The molecule has 1 spiro atoms. The van der Waals surface area contributed by atoms with Crippen LogP contribution in [-0.2, 0) is 11.3 Å². The zero-order valence-corrected chi connectivity index (χ0v) is 19.5. The summed E-state index contributed by atoms with van der Waals surface area (Å²) in [5.74, 6) is -1.43. The minimum atomic E-state index is -1.81. The van der Waals surface area contributed by atoms with Gasteiger partial charge in [-0.3, -0.25) is 14.6 Å². The fourth-order valence-electron chi connectivity index (χ4n) is 4.36. The van der Waals surface area contributed by atoms with Crippen molar-refractivity contribution in [3.05, 3.63) is 46.7 Å². The molecule has 1 aromatic carbocycles. The summed E-state index contributed by atoms with van der Waals surface area (Å²) in [6, 6.07) is 1.49. The van der Waals surface area contributed by atoms with Gasteiger partial charge in [0, 0.05) is 43.1 Å². The Kier molecular flexibility index (Phi) is 5.92. The summed E-state index contributed by atoms with van der Waals surface area (Å²) in [6.45, 7) is 4.22. The van der Waals surface area contributed by atoms with Gasteiger partial charge in [-0.05, 0) is 6.92 Å². The lowest BCUT2D eigenvalue weighted by atomic mass is 9.72. The fourth-order valence-corrected chi connectivity index (χ4v) is 4.63. The number of benzene rings is 1. The third-order valence-electron chi connectivity index (χ3n) is 6.10. The number of aromatic nitrogens is 2. The molecule has 1 N–H and O–H groups in total. The molecular weight excluding hydrogens is 450 g/mol. The molecule has 174 valence electrons. The summed E-state index contributed by atoms with van der Waals surface area (Å²) in [6.07, 6.45) is 5.12. The van der Waals surface area contributed by atoms with E-state index in [4.69, 9.17) is 25.8 Å². The number of fused-ring (bicyclic) bond motifs is 1. The molecule has 2 aliphatic rings. The number of rotatable bonds is 6. The normalized spacial score (nSPS) is 22.6. The maximum atomic E-state index is 13.7. The minimum absolute atomic E-state index is 0.00935. The molecule has 0 fully saturated rings. The summed E-state index contributed by atoms with van der Waals surface area (Å²) >= 11 is 6.44. The molecular formula is C23H24ClN3O6. The number of hydrogen-bond acceptors (Lipinski definition) is 8. The van der Waals surface area contributed by atoms with E-state index in [1.54, 1.807) is 32.6 Å². The van der Waals surface area contributed by atoms with Gasteiger partial charge in [-0.25, -0.2) is 4.98 Å². The van der Waals surface area contributed by atoms with Crippen LogP contribution in [0.3, 0.4) is 0 Å². The Morgan fingerprint density at radius 3 is 2.73 bits per heavy atom. The Bertz CT molecular complexity index is 1190. The van der Waals surface area contributed by atoms with Crippen LogP contribution < -0.4 is 14.2 Å². The first kappa shape index (κ1) is 22.8. The molecule has 0 bridgehead atoms. The first-order valence-electron chi connectivity index (χ1n) is 10.4. The number of carbonyl (C=O) groups excluding carboxylic acids is 2. The lowest BCUT2D eigenvalue weighted by Gasteiger charge is -2.37. The highest BCUT2D eigenvalue weighted by Gasteiger charge is 2.61. The molecule has 1 aromatic heterocycles. The van der Waals surface area contributed by atoms with Crippen molar-refractivity contribution in [2.45, 2.75) is 32.4 Å². The number of aliphatic hydroxyl groups excluding tert-OH is 1. The van der Waals surface area contributed by atoms with E-state index in [9.17, 15) is 14.7 Å². The van der Waals surface area contributed by atoms with Crippen LogP contribution in [0.1, 0.15) is 30.6 Å². The molecule has 33 heavy (non-hydrogen) atoms. The number of carbonyl (C=O) groups is 2. The minimum Gasteiger partial charge on any atom is -0.507 e. The SMILES string of the molecule is COc1cc(OC)c2c(c1Cl)O[C@]1(C2=O)C(O)=C(C(C)=NCCn2ccnc2)C(=O)C[C@H]1C. The number of imidazole rings is 1.